The Morgan fingerprint density at radius 2 is 2.06 bits per heavy atom. The molecule has 2 heterocycles. The molecule has 0 aromatic rings. The van der Waals surface area contributed by atoms with E-state index in [4.69, 9.17) is 0 Å². The second-order valence-electron chi connectivity index (χ2n) is 4.69. The van der Waals surface area contributed by atoms with Gasteiger partial charge in [0.15, 0.2) is 0 Å². The fraction of sp³-hybridized carbons (Fsp3) is 0.750. The molecule has 0 aromatic carbocycles. The molecule has 17 heavy (non-hydrogen) atoms. The standard InChI is InChI=1S/C12H19N3O2/c1-3-12(4-2)10(16)14-9(15-11(12)17)8-6-5-7-13-8/h8,13H,3-7H2,1-2H3,(H,14,15,16,17). The molecule has 5 nitrogen and oxygen atoms in total. The molecule has 2 amide bonds. The average Bonchev–Trinajstić information content (AvgIpc) is 2.83. The van der Waals surface area contributed by atoms with Crippen LogP contribution in [0.4, 0.5) is 0 Å². The van der Waals surface area contributed by atoms with E-state index in [9.17, 15) is 9.59 Å². The number of hydrogen-bond donors (Lipinski definition) is 2. The van der Waals surface area contributed by atoms with Crippen LogP contribution in [-0.4, -0.2) is 30.2 Å². The first kappa shape index (κ1) is 12.2. The van der Waals surface area contributed by atoms with E-state index in [-0.39, 0.29) is 17.9 Å². The van der Waals surface area contributed by atoms with Crippen molar-refractivity contribution in [1.29, 1.82) is 0 Å². The van der Waals surface area contributed by atoms with E-state index >= 15 is 0 Å². The maximum Gasteiger partial charge on any atom is 0.263 e. The van der Waals surface area contributed by atoms with Gasteiger partial charge in [-0.1, -0.05) is 13.8 Å². The largest absolute Gasteiger partial charge is 0.312 e. The van der Waals surface area contributed by atoms with Gasteiger partial charge in [0.2, 0.25) is 5.91 Å². The van der Waals surface area contributed by atoms with Gasteiger partial charge in [0.25, 0.3) is 5.91 Å². The van der Waals surface area contributed by atoms with Gasteiger partial charge < -0.3 is 10.6 Å². The van der Waals surface area contributed by atoms with Gasteiger partial charge in [-0.2, -0.15) is 4.99 Å². The van der Waals surface area contributed by atoms with Crippen molar-refractivity contribution in [3.05, 3.63) is 0 Å². The van der Waals surface area contributed by atoms with Crippen LogP contribution in [-0.2, 0) is 9.59 Å². The number of rotatable bonds is 3. The zero-order valence-electron chi connectivity index (χ0n) is 10.4. The third-order valence-corrected chi connectivity index (χ3v) is 3.91. The monoisotopic (exact) mass is 237 g/mol. The Morgan fingerprint density at radius 3 is 2.53 bits per heavy atom. The summed E-state index contributed by atoms with van der Waals surface area (Å²) in [6, 6.07) is 0.0367. The Hall–Kier alpha value is -1.23. The van der Waals surface area contributed by atoms with Crippen molar-refractivity contribution in [2.24, 2.45) is 10.4 Å². The summed E-state index contributed by atoms with van der Waals surface area (Å²) >= 11 is 0. The molecule has 0 radical (unpaired) electrons. The molecular weight excluding hydrogens is 218 g/mol. The Labute approximate surface area is 101 Å². The topological polar surface area (TPSA) is 70.6 Å². The van der Waals surface area contributed by atoms with Crippen molar-refractivity contribution in [3.63, 3.8) is 0 Å². The lowest BCUT2D eigenvalue weighted by atomic mass is 9.79. The highest BCUT2D eigenvalue weighted by Crippen LogP contribution is 2.31. The molecule has 2 aliphatic rings. The second kappa shape index (κ2) is 4.56. The molecule has 0 aliphatic carbocycles. The summed E-state index contributed by atoms with van der Waals surface area (Å²) in [7, 11) is 0. The lowest BCUT2D eigenvalue weighted by Gasteiger charge is -2.32. The molecule has 0 aromatic heterocycles. The maximum atomic E-state index is 12.1. The molecule has 2 N–H and O–H groups in total. The smallest absolute Gasteiger partial charge is 0.263 e. The van der Waals surface area contributed by atoms with E-state index in [2.05, 4.69) is 15.6 Å². The summed E-state index contributed by atoms with van der Waals surface area (Å²) in [5.74, 6) is 0.0381. The van der Waals surface area contributed by atoms with Crippen molar-refractivity contribution in [1.82, 2.24) is 10.6 Å². The minimum Gasteiger partial charge on any atom is -0.312 e. The number of aliphatic imine (C=N–C) groups is 1. The van der Waals surface area contributed by atoms with Crippen LogP contribution in [0.1, 0.15) is 39.5 Å². The first-order valence-electron chi connectivity index (χ1n) is 6.32. The van der Waals surface area contributed by atoms with Gasteiger partial charge in [0, 0.05) is 0 Å². The molecule has 2 aliphatic heterocycles. The molecule has 1 unspecified atom stereocenters. The highest BCUT2D eigenvalue weighted by molar-refractivity contribution is 6.19. The van der Waals surface area contributed by atoms with Crippen molar-refractivity contribution < 1.29 is 9.59 Å². The van der Waals surface area contributed by atoms with Crippen molar-refractivity contribution in [2.45, 2.75) is 45.6 Å². The van der Waals surface area contributed by atoms with E-state index in [1.54, 1.807) is 0 Å². The average molecular weight is 237 g/mol. The van der Waals surface area contributed by atoms with E-state index in [0.29, 0.717) is 18.7 Å². The molecule has 5 heteroatoms. The quantitative estimate of drug-likeness (QED) is 0.706. The number of nitrogens with zero attached hydrogens (tertiary/aromatic N) is 1. The first-order chi connectivity index (χ1) is 8.14. The van der Waals surface area contributed by atoms with Crippen molar-refractivity contribution in [3.8, 4) is 0 Å². The molecule has 1 saturated heterocycles. The second-order valence-corrected chi connectivity index (χ2v) is 4.69. The van der Waals surface area contributed by atoms with Gasteiger partial charge in [0.1, 0.15) is 11.3 Å². The van der Waals surface area contributed by atoms with Gasteiger partial charge >= 0.3 is 0 Å². The van der Waals surface area contributed by atoms with Crippen LogP contribution in [0.15, 0.2) is 4.99 Å². The van der Waals surface area contributed by atoms with E-state index in [0.717, 1.165) is 19.4 Å². The number of carbonyl (C=O) groups excluding carboxylic acids is 2. The Balaban J connectivity index is 2.26. The minimum atomic E-state index is -0.942. The maximum absolute atomic E-state index is 12.1. The van der Waals surface area contributed by atoms with Crippen LogP contribution in [0.3, 0.4) is 0 Å². The predicted octanol–water partition coefficient (Wildman–Crippen LogP) is 0.600. The van der Waals surface area contributed by atoms with E-state index < -0.39 is 5.41 Å². The van der Waals surface area contributed by atoms with Crippen molar-refractivity contribution in [2.75, 3.05) is 6.54 Å². The summed E-state index contributed by atoms with van der Waals surface area (Å²) in [6.07, 6.45) is 2.99. The molecule has 0 spiro atoms. The lowest BCUT2D eigenvalue weighted by Crippen LogP contribution is -2.56. The fourth-order valence-corrected chi connectivity index (χ4v) is 2.53. The number of carbonyl (C=O) groups is 2. The first-order valence-corrected chi connectivity index (χ1v) is 6.32. The Kier molecular flexibility index (Phi) is 3.28. The number of hydrogen-bond acceptors (Lipinski definition) is 3. The fourth-order valence-electron chi connectivity index (χ4n) is 2.53. The third-order valence-electron chi connectivity index (χ3n) is 3.91. The number of amides is 2. The summed E-state index contributed by atoms with van der Waals surface area (Å²) in [4.78, 5) is 28.3. The normalized spacial score (nSPS) is 27.9. The molecule has 1 fully saturated rings. The lowest BCUT2D eigenvalue weighted by molar-refractivity contribution is -0.142. The third kappa shape index (κ3) is 1.88. The van der Waals surface area contributed by atoms with Gasteiger partial charge in [-0.05, 0) is 32.2 Å². The van der Waals surface area contributed by atoms with Gasteiger partial charge in [-0.15, -0.1) is 0 Å². The van der Waals surface area contributed by atoms with Gasteiger partial charge in [-0.25, -0.2) is 0 Å². The molecule has 1 atom stereocenters. The van der Waals surface area contributed by atoms with Crippen LogP contribution < -0.4 is 10.6 Å². The van der Waals surface area contributed by atoms with Crippen LogP contribution >= 0.6 is 0 Å². The van der Waals surface area contributed by atoms with Crippen molar-refractivity contribution >= 4 is 17.6 Å². The van der Waals surface area contributed by atoms with Crippen LogP contribution in [0, 0.1) is 5.41 Å². The SMILES string of the molecule is CCC1(CC)C(=O)N=C(C2CCCN2)NC1=O. The van der Waals surface area contributed by atoms with E-state index in [1.165, 1.54) is 0 Å². The van der Waals surface area contributed by atoms with E-state index in [1.807, 2.05) is 13.8 Å². The summed E-state index contributed by atoms with van der Waals surface area (Å²) in [5, 5.41) is 6.04. The number of nitrogens with one attached hydrogen (secondary N) is 2. The number of amidine groups is 1. The highest BCUT2D eigenvalue weighted by Gasteiger charge is 2.46. The Morgan fingerprint density at radius 1 is 1.35 bits per heavy atom. The molecular formula is C12H19N3O2. The highest BCUT2D eigenvalue weighted by atomic mass is 16.2. The van der Waals surface area contributed by atoms with Crippen LogP contribution in [0.25, 0.3) is 0 Å². The van der Waals surface area contributed by atoms with Crippen LogP contribution in [0.2, 0.25) is 0 Å². The van der Waals surface area contributed by atoms with Gasteiger partial charge in [0.05, 0.1) is 6.04 Å². The molecule has 0 bridgehead atoms. The molecule has 94 valence electrons. The summed E-state index contributed by atoms with van der Waals surface area (Å²) < 4.78 is 0. The zero-order chi connectivity index (χ0) is 12.5. The summed E-state index contributed by atoms with van der Waals surface area (Å²) in [6.45, 7) is 4.63. The zero-order valence-corrected chi connectivity index (χ0v) is 10.4. The van der Waals surface area contributed by atoms with Crippen LogP contribution in [0.5, 0.6) is 0 Å². The molecule has 2 rings (SSSR count). The minimum absolute atomic E-state index is 0.0367. The molecule has 0 saturated carbocycles. The predicted molar refractivity (Wildman–Crippen MR) is 64.6 cm³/mol. The van der Waals surface area contributed by atoms with Gasteiger partial charge in [-0.3, -0.25) is 9.59 Å². The Bertz CT molecular complexity index is 366. The summed E-state index contributed by atoms with van der Waals surface area (Å²) in [5.41, 5.74) is -0.942.